The van der Waals surface area contributed by atoms with Crippen LogP contribution in [0.3, 0.4) is 0 Å². The predicted molar refractivity (Wildman–Crippen MR) is 125 cm³/mol. The second-order valence-corrected chi connectivity index (χ2v) is 9.02. The Morgan fingerprint density at radius 1 is 1.13 bits per heavy atom. The summed E-state index contributed by atoms with van der Waals surface area (Å²) in [7, 11) is 0. The average Bonchev–Trinajstić information content (AvgIpc) is 2.74. The molecule has 2 rings (SSSR count). The predicted octanol–water partition coefficient (Wildman–Crippen LogP) is 4.74. The number of carbonyl (C=O) groups is 2. The molecule has 0 aromatic heterocycles. The summed E-state index contributed by atoms with van der Waals surface area (Å²) >= 11 is 6.09. The van der Waals surface area contributed by atoms with Crippen molar-refractivity contribution in [3.63, 3.8) is 0 Å². The Labute approximate surface area is 187 Å². The number of benzene rings is 1. The highest BCUT2D eigenvalue weighted by atomic mass is 35.5. The van der Waals surface area contributed by atoms with Crippen molar-refractivity contribution in [2.45, 2.75) is 59.3 Å². The van der Waals surface area contributed by atoms with E-state index in [0.717, 1.165) is 36.8 Å². The van der Waals surface area contributed by atoms with Crippen LogP contribution in [0, 0.1) is 11.8 Å². The largest absolute Gasteiger partial charge is 0.368 e. The zero-order valence-corrected chi connectivity index (χ0v) is 19.6. The van der Waals surface area contributed by atoms with Gasteiger partial charge in [-0.1, -0.05) is 57.7 Å². The summed E-state index contributed by atoms with van der Waals surface area (Å²) in [5.74, 6) is 0.826. The van der Waals surface area contributed by atoms with Gasteiger partial charge in [-0.3, -0.25) is 9.59 Å². The molecule has 2 unspecified atom stereocenters. The number of hydrogen-bond acceptors (Lipinski definition) is 3. The lowest BCUT2D eigenvalue weighted by atomic mass is 9.98. The monoisotopic (exact) mass is 435 g/mol. The summed E-state index contributed by atoms with van der Waals surface area (Å²) in [6.45, 7) is 10.1. The molecule has 1 aliphatic rings. The van der Waals surface area contributed by atoms with Crippen molar-refractivity contribution in [3.05, 3.63) is 29.3 Å². The topological polar surface area (TPSA) is 52.7 Å². The first kappa shape index (κ1) is 24.5. The third kappa shape index (κ3) is 8.17. The summed E-state index contributed by atoms with van der Waals surface area (Å²) in [6.07, 6.45) is 5.51. The molecule has 1 heterocycles. The second-order valence-electron chi connectivity index (χ2n) is 8.58. The van der Waals surface area contributed by atoms with Gasteiger partial charge in [-0.2, -0.15) is 0 Å². The molecular formula is C24H38ClN3O2. The van der Waals surface area contributed by atoms with E-state index in [-0.39, 0.29) is 17.7 Å². The number of nitrogens with one attached hydrogen (secondary N) is 1. The molecule has 5 nitrogen and oxygen atoms in total. The van der Waals surface area contributed by atoms with Crippen LogP contribution in [0.2, 0.25) is 5.02 Å². The molecule has 2 amide bonds. The van der Waals surface area contributed by atoms with Gasteiger partial charge in [0.1, 0.15) is 0 Å². The first-order chi connectivity index (χ1) is 14.4. The molecule has 0 spiro atoms. The fraction of sp³-hybridized carbons (Fsp3) is 0.667. The lowest BCUT2D eigenvalue weighted by Crippen LogP contribution is -2.49. The summed E-state index contributed by atoms with van der Waals surface area (Å²) in [5, 5.41) is 3.80. The minimum atomic E-state index is 0.0548. The van der Waals surface area contributed by atoms with E-state index in [1.807, 2.05) is 30.0 Å². The lowest BCUT2D eigenvalue weighted by molar-refractivity contribution is -0.132. The molecule has 168 valence electrons. The molecule has 1 aromatic rings. The normalized spacial score (nSPS) is 16.3. The number of anilines is 1. The van der Waals surface area contributed by atoms with Crippen molar-refractivity contribution in [2.24, 2.45) is 11.8 Å². The molecule has 0 saturated carbocycles. The Morgan fingerprint density at radius 2 is 1.87 bits per heavy atom. The van der Waals surface area contributed by atoms with Gasteiger partial charge in [-0.25, -0.2) is 0 Å². The Morgan fingerprint density at radius 3 is 2.50 bits per heavy atom. The van der Waals surface area contributed by atoms with Crippen LogP contribution in [0.15, 0.2) is 24.3 Å². The molecule has 1 fully saturated rings. The zero-order valence-electron chi connectivity index (χ0n) is 18.8. The minimum Gasteiger partial charge on any atom is -0.368 e. The molecular weight excluding hydrogens is 398 g/mol. The van der Waals surface area contributed by atoms with E-state index in [4.69, 9.17) is 11.6 Å². The van der Waals surface area contributed by atoms with Gasteiger partial charge >= 0.3 is 0 Å². The van der Waals surface area contributed by atoms with Gasteiger partial charge in [0.05, 0.1) is 0 Å². The van der Waals surface area contributed by atoms with E-state index in [1.54, 1.807) is 0 Å². The van der Waals surface area contributed by atoms with Gasteiger partial charge in [-0.05, 0) is 36.5 Å². The Balaban J connectivity index is 1.69. The van der Waals surface area contributed by atoms with Crippen molar-refractivity contribution in [2.75, 3.05) is 37.6 Å². The van der Waals surface area contributed by atoms with Gasteiger partial charge in [0, 0.05) is 56.3 Å². The maximum atomic E-state index is 12.7. The smallest absolute Gasteiger partial charge is 0.222 e. The van der Waals surface area contributed by atoms with Crippen LogP contribution in [0.1, 0.15) is 59.3 Å². The SMILES string of the molecule is CCCCC(CC)CNC(=O)CC(C)CC(=O)N1CCN(c2cccc(Cl)c2)CC1. The van der Waals surface area contributed by atoms with Crippen molar-refractivity contribution in [3.8, 4) is 0 Å². The number of piperazine rings is 1. The van der Waals surface area contributed by atoms with Gasteiger partial charge in [-0.15, -0.1) is 0 Å². The van der Waals surface area contributed by atoms with Gasteiger partial charge in [0.2, 0.25) is 11.8 Å². The van der Waals surface area contributed by atoms with E-state index >= 15 is 0 Å². The molecule has 0 bridgehead atoms. The Bertz CT molecular complexity index is 674. The number of rotatable bonds is 11. The fourth-order valence-corrected chi connectivity index (χ4v) is 4.16. The standard InChI is InChI=1S/C24H38ClN3O2/c1-4-6-8-20(5-2)18-26-23(29)15-19(3)16-24(30)28-13-11-27(12-14-28)22-10-7-9-21(25)17-22/h7,9-10,17,19-20H,4-6,8,11-16,18H2,1-3H3,(H,26,29). The van der Waals surface area contributed by atoms with Crippen LogP contribution in [0.4, 0.5) is 5.69 Å². The molecule has 1 aliphatic heterocycles. The lowest BCUT2D eigenvalue weighted by Gasteiger charge is -2.36. The highest BCUT2D eigenvalue weighted by Crippen LogP contribution is 2.21. The summed E-state index contributed by atoms with van der Waals surface area (Å²) in [5.41, 5.74) is 1.10. The Hall–Kier alpha value is -1.75. The van der Waals surface area contributed by atoms with Gasteiger partial charge in [0.15, 0.2) is 0 Å². The van der Waals surface area contributed by atoms with Gasteiger partial charge in [0.25, 0.3) is 0 Å². The molecule has 1 aromatic carbocycles. The number of amides is 2. The molecule has 0 radical (unpaired) electrons. The van der Waals surface area contributed by atoms with E-state index in [0.29, 0.717) is 31.8 Å². The van der Waals surface area contributed by atoms with Crippen LogP contribution in [-0.4, -0.2) is 49.4 Å². The molecule has 0 aliphatic carbocycles. The number of unbranched alkanes of at least 4 members (excludes halogenated alkanes) is 1. The van der Waals surface area contributed by atoms with E-state index in [2.05, 4.69) is 30.1 Å². The maximum Gasteiger partial charge on any atom is 0.222 e. The van der Waals surface area contributed by atoms with Crippen molar-refractivity contribution in [1.29, 1.82) is 0 Å². The van der Waals surface area contributed by atoms with Crippen LogP contribution in [0.5, 0.6) is 0 Å². The van der Waals surface area contributed by atoms with Crippen LogP contribution >= 0.6 is 11.6 Å². The third-order valence-electron chi connectivity index (χ3n) is 5.99. The van der Waals surface area contributed by atoms with Crippen LogP contribution in [-0.2, 0) is 9.59 Å². The molecule has 2 atom stereocenters. The maximum absolute atomic E-state index is 12.7. The molecule has 1 N–H and O–H groups in total. The highest BCUT2D eigenvalue weighted by molar-refractivity contribution is 6.30. The summed E-state index contributed by atoms with van der Waals surface area (Å²) < 4.78 is 0. The van der Waals surface area contributed by atoms with Crippen molar-refractivity contribution in [1.82, 2.24) is 10.2 Å². The second kappa shape index (κ2) is 12.8. The number of halogens is 1. The third-order valence-corrected chi connectivity index (χ3v) is 6.23. The highest BCUT2D eigenvalue weighted by Gasteiger charge is 2.23. The van der Waals surface area contributed by atoms with Gasteiger partial charge < -0.3 is 15.1 Å². The number of hydrogen-bond donors (Lipinski definition) is 1. The van der Waals surface area contributed by atoms with E-state index in [9.17, 15) is 9.59 Å². The molecule has 1 saturated heterocycles. The number of nitrogens with zero attached hydrogens (tertiary/aromatic N) is 2. The quantitative estimate of drug-likeness (QED) is 0.546. The van der Waals surface area contributed by atoms with E-state index in [1.165, 1.54) is 19.3 Å². The molecule has 6 heteroatoms. The zero-order chi connectivity index (χ0) is 21.9. The average molecular weight is 436 g/mol. The summed E-state index contributed by atoms with van der Waals surface area (Å²) in [6, 6.07) is 7.84. The van der Waals surface area contributed by atoms with Crippen LogP contribution in [0.25, 0.3) is 0 Å². The first-order valence-electron chi connectivity index (χ1n) is 11.5. The Kier molecular flexibility index (Phi) is 10.5. The first-order valence-corrected chi connectivity index (χ1v) is 11.9. The molecule has 30 heavy (non-hydrogen) atoms. The van der Waals surface area contributed by atoms with Crippen LogP contribution < -0.4 is 10.2 Å². The number of carbonyl (C=O) groups excluding carboxylic acids is 2. The van der Waals surface area contributed by atoms with Crippen molar-refractivity contribution < 1.29 is 9.59 Å². The minimum absolute atomic E-state index is 0.0548. The van der Waals surface area contributed by atoms with Crippen molar-refractivity contribution >= 4 is 29.1 Å². The van der Waals surface area contributed by atoms with E-state index < -0.39 is 0 Å². The summed E-state index contributed by atoms with van der Waals surface area (Å²) in [4.78, 5) is 29.1. The fourth-order valence-electron chi connectivity index (χ4n) is 3.98.